The highest BCUT2D eigenvalue weighted by Gasteiger charge is 2.35. The molecule has 1 N–H and O–H groups in total. The molecule has 0 aliphatic carbocycles. The van der Waals surface area contributed by atoms with Crippen LogP contribution in [0.15, 0.2) is 77.7 Å². The molecule has 0 saturated carbocycles. The average Bonchev–Trinajstić information content (AvgIpc) is 2.93. The SMILES string of the molecule is Cc1ccc(S(=O)(=O)N(CC(=O)N(Cc2ccccc2Cl)[C@@H](C)C(=O)NCC(C)C)c2cccc(C(F)(F)F)c2)cc1. The van der Waals surface area contributed by atoms with Crippen LogP contribution < -0.4 is 9.62 Å². The van der Waals surface area contributed by atoms with Crippen molar-refractivity contribution in [2.75, 3.05) is 17.4 Å². The van der Waals surface area contributed by atoms with E-state index in [0.29, 0.717) is 27.5 Å². The van der Waals surface area contributed by atoms with Crippen molar-refractivity contribution in [3.63, 3.8) is 0 Å². The summed E-state index contributed by atoms with van der Waals surface area (Å²) in [5.74, 6) is -1.16. The zero-order chi connectivity index (χ0) is 31.2. The Balaban J connectivity index is 2.09. The Morgan fingerprint density at radius 3 is 2.19 bits per heavy atom. The fraction of sp³-hybridized carbons (Fsp3) is 0.333. The molecule has 3 rings (SSSR count). The molecule has 0 heterocycles. The van der Waals surface area contributed by atoms with Crippen molar-refractivity contribution in [3.05, 3.63) is 94.5 Å². The molecule has 0 fully saturated rings. The Hall–Kier alpha value is -3.57. The summed E-state index contributed by atoms with van der Waals surface area (Å²) in [5, 5.41) is 3.09. The number of nitrogens with zero attached hydrogens (tertiary/aromatic N) is 2. The first-order valence-corrected chi connectivity index (χ1v) is 15.0. The quantitative estimate of drug-likeness (QED) is 0.282. The second-order valence-electron chi connectivity index (χ2n) is 10.3. The molecule has 0 aliphatic heterocycles. The van der Waals surface area contributed by atoms with Crippen LogP contribution in [-0.4, -0.2) is 44.3 Å². The molecular formula is C30H33ClF3N3O4S. The Bertz CT molecular complexity index is 1510. The highest BCUT2D eigenvalue weighted by molar-refractivity contribution is 7.92. The summed E-state index contributed by atoms with van der Waals surface area (Å²) in [7, 11) is -4.52. The summed E-state index contributed by atoms with van der Waals surface area (Å²) in [6.07, 6.45) is -4.75. The van der Waals surface area contributed by atoms with Gasteiger partial charge in [-0.3, -0.25) is 13.9 Å². The van der Waals surface area contributed by atoms with Gasteiger partial charge in [0.25, 0.3) is 10.0 Å². The van der Waals surface area contributed by atoms with E-state index in [1.54, 1.807) is 43.3 Å². The van der Waals surface area contributed by atoms with E-state index in [4.69, 9.17) is 11.6 Å². The van der Waals surface area contributed by atoms with Crippen LogP contribution in [0, 0.1) is 12.8 Å². The van der Waals surface area contributed by atoms with Crippen LogP contribution in [0.1, 0.15) is 37.5 Å². The zero-order valence-electron chi connectivity index (χ0n) is 23.7. The predicted octanol–water partition coefficient (Wildman–Crippen LogP) is 6.05. The maximum absolute atomic E-state index is 13.9. The molecule has 3 aromatic rings. The number of hydrogen-bond donors (Lipinski definition) is 1. The van der Waals surface area contributed by atoms with E-state index in [9.17, 15) is 31.2 Å². The summed E-state index contributed by atoms with van der Waals surface area (Å²) in [4.78, 5) is 27.9. The van der Waals surface area contributed by atoms with Crippen molar-refractivity contribution in [1.29, 1.82) is 0 Å². The van der Waals surface area contributed by atoms with E-state index in [0.717, 1.165) is 17.7 Å². The number of halogens is 4. The largest absolute Gasteiger partial charge is 0.416 e. The van der Waals surface area contributed by atoms with Crippen LogP contribution >= 0.6 is 11.6 Å². The highest BCUT2D eigenvalue weighted by atomic mass is 35.5. The van der Waals surface area contributed by atoms with Gasteiger partial charge in [-0.05, 0) is 61.7 Å². The minimum absolute atomic E-state index is 0.130. The van der Waals surface area contributed by atoms with Gasteiger partial charge in [-0.1, -0.05) is 67.4 Å². The van der Waals surface area contributed by atoms with Crippen LogP contribution in [0.4, 0.5) is 18.9 Å². The molecule has 7 nitrogen and oxygen atoms in total. The Morgan fingerprint density at radius 1 is 0.952 bits per heavy atom. The maximum Gasteiger partial charge on any atom is 0.416 e. The molecule has 42 heavy (non-hydrogen) atoms. The fourth-order valence-electron chi connectivity index (χ4n) is 4.05. The molecule has 0 radical (unpaired) electrons. The lowest BCUT2D eigenvalue weighted by atomic mass is 10.1. The number of amides is 2. The van der Waals surface area contributed by atoms with Gasteiger partial charge in [0, 0.05) is 18.1 Å². The number of hydrogen-bond acceptors (Lipinski definition) is 4. The Kier molecular flexibility index (Phi) is 10.7. The zero-order valence-corrected chi connectivity index (χ0v) is 25.2. The van der Waals surface area contributed by atoms with Gasteiger partial charge >= 0.3 is 6.18 Å². The first-order chi connectivity index (χ1) is 19.6. The molecule has 0 aliphatic rings. The molecule has 0 saturated heterocycles. The average molecular weight is 624 g/mol. The van der Waals surface area contributed by atoms with E-state index >= 15 is 0 Å². The summed E-state index contributed by atoms with van der Waals surface area (Å²) in [6, 6.07) is 15.1. The van der Waals surface area contributed by atoms with Crippen LogP contribution in [-0.2, 0) is 32.3 Å². The van der Waals surface area contributed by atoms with E-state index < -0.39 is 46.2 Å². The third-order valence-electron chi connectivity index (χ3n) is 6.50. The van der Waals surface area contributed by atoms with Crippen molar-refractivity contribution in [1.82, 2.24) is 10.2 Å². The smallest absolute Gasteiger partial charge is 0.354 e. The summed E-state index contributed by atoms with van der Waals surface area (Å²) >= 11 is 6.34. The van der Waals surface area contributed by atoms with Gasteiger partial charge in [-0.25, -0.2) is 8.42 Å². The second-order valence-corrected chi connectivity index (χ2v) is 12.6. The predicted molar refractivity (Wildman–Crippen MR) is 156 cm³/mol. The molecule has 0 aromatic heterocycles. The van der Waals surface area contributed by atoms with Crippen molar-refractivity contribution in [3.8, 4) is 0 Å². The molecule has 1 atom stereocenters. The van der Waals surface area contributed by atoms with Gasteiger partial charge in [0.1, 0.15) is 12.6 Å². The Labute approximate surface area is 249 Å². The van der Waals surface area contributed by atoms with Gasteiger partial charge in [-0.15, -0.1) is 0 Å². The van der Waals surface area contributed by atoms with Crippen molar-refractivity contribution >= 4 is 39.1 Å². The van der Waals surface area contributed by atoms with Gasteiger partial charge < -0.3 is 10.2 Å². The molecule has 0 unspecified atom stereocenters. The van der Waals surface area contributed by atoms with Crippen molar-refractivity contribution in [2.24, 2.45) is 5.92 Å². The first kappa shape index (κ1) is 32.9. The normalized spacial score (nSPS) is 12.6. The van der Waals surface area contributed by atoms with Gasteiger partial charge in [0.15, 0.2) is 0 Å². The number of carbonyl (C=O) groups excluding carboxylic acids is 2. The molecule has 226 valence electrons. The van der Waals surface area contributed by atoms with E-state index in [-0.39, 0.29) is 23.0 Å². The second kappa shape index (κ2) is 13.6. The number of aryl methyl sites for hydroxylation is 1. The van der Waals surface area contributed by atoms with Gasteiger partial charge in [0.05, 0.1) is 16.1 Å². The topological polar surface area (TPSA) is 86.8 Å². The third-order valence-corrected chi connectivity index (χ3v) is 8.66. The van der Waals surface area contributed by atoms with E-state index in [1.165, 1.54) is 30.0 Å². The van der Waals surface area contributed by atoms with E-state index in [1.807, 2.05) is 13.8 Å². The first-order valence-electron chi connectivity index (χ1n) is 13.2. The standard InChI is InChI=1S/C30H33ClF3N3O4S/c1-20(2)17-35-29(39)22(4)36(18-23-8-5-6-11-27(23)31)28(38)19-37(25-10-7-9-24(16-25)30(32,33)34)42(40,41)26-14-12-21(3)13-15-26/h5-16,20,22H,17-19H2,1-4H3,(H,35,39)/t22-/m0/s1. The molecule has 12 heteroatoms. The Morgan fingerprint density at radius 2 is 1.60 bits per heavy atom. The number of anilines is 1. The molecular weight excluding hydrogens is 591 g/mol. The minimum atomic E-state index is -4.75. The van der Waals surface area contributed by atoms with Crippen molar-refractivity contribution < 1.29 is 31.2 Å². The summed E-state index contributed by atoms with van der Waals surface area (Å²) in [5.41, 5.74) is -0.162. The lowest BCUT2D eigenvalue weighted by molar-refractivity contribution is -0.139. The number of benzene rings is 3. The molecule has 3 aromatic carbocycles. The fourth-order valence-corrected chi connectivity index (χ4v) is 5.65. The lowest BCUT2D eigenvalue weighted by Crippen LogP contribution is -2.51. The number of carbonyl (C=O) groups is 2. The maximum atomic E-state index is 13.9. The summed E-state index contributed by atoms with van der Waals surface area (Å²) in [6.45, 7) is 6.38. The monoisotopic (exact) mass is 623 g/mol. The molecule has 0 spiro atoms. The minimum Gasteiger partial charge on any atom is -0.354 e. The van der Waals surface area contributed by atoms with Crippen LogP contribution in [0.25, 0.3) is 0 Å². The number of nitrogens with one attached hydrogen (secondary N) is 1. The summed E-state index contributed by atoms with van der Waals surface area (Å²) < 4.78 is 69.1. The molecule has 0 bridgehead atoms. The van der Waals surface area contributed by atoms with E-state index in [2.05, 4.69) is 5.32 Å². The third kappa shape index (κ3) is 8.25. The number of alkyl halides is 3. The van der Waals surface area contributed by atoms with Crippen LogP contribution in [0.2, 0.25) is 5.02 Å². The highest BCUT2D eigenvalue weighted by Crippen LogP contribution is 2.33. The van der Waals surface area contributed by atoms with Gasteiger partial charge in [0.2, 0.25) is 11.8 Å². The number of sulfonamides is 1. The van der Waals surface area contributed by atoms with Crippen molar-refractivity contribution in [2.45, 2.75) is 51.4 Å². The lowest BCUT2D eigenvalue weighted by Gasteiger charge is -2.32. The molecule has 2 amide bonds. The van der Waals surface area contributed by atoms with Crippen LogP contribution in [0.5, 0.6) is 0 Å². The number of rotatable bonds is 11. The van der Waals surface area contributed by atoms with Crippen LogP contribution in [0.3, 0.4) is 0 Å². The van der Waals surface area contributed by atoms with Gasteiger partial charge in [-0.2, -0.15) is 13.2 Å².